The summed E-state index contributed by atoms with van der Waals surface area (Å²) < 4.78 is 23.0. The van der Waals surface area contributed by atoms with Crippen LogP contribution in [-0.4, -0.2) is 22.5 Å². The zero-order valence-corrected chi connectivity index (χ0v) is 17.7. The lowest BCUT2D eigenvalue weighted by molar-refractivity contribution is -0.644. The molecular weight excluding hydrogens is 415 g/mol. The highest BCUT2D eigenvalue weighted by molar-refractivity contribution is 7.46. The summed E-state index contributed by atoms with van der Waals surface area (Å²) >= 11 is 1.57. The summed E-state index contributed by atoms with van der Waals surface area (Å²) in [7, 11) is -2.92. The van der Waals surface area contributed by atoms with Gasteiger partial charge in [0, 0.05) is 11.8 Å². The van der Waals surface area contributed by atoms with E-state index in [1.54, 1.807) is 36.6 Å². The molecule has 5 aliphatic rings. The van der Waals surface area contributed by atoms with Gasteiger partial charge >= 0.3 is 7.82 Å². The van der Waals surface area contributed by atoms with Gasteiger partial charge in [-0.15, -0.1) is 11.3 Å². The molecule has 2 aromatic rings. The van der Waals surface area contributed by atoms with E-state index in [-0.39, 0.29) is 5.75 Å². The monoisotopic (exact) mass is 438 g/mol. The fourth-order valence-corrected chi connectivity index (χ4v) is 8.27. The van der Waals surface area contributed by atoms with Gasteiger partial charge in [-0.1, -0.05) is 0 Å². The molecule has 0 amide bonds. The Kier molecular flexibility index (Phi) is 3.90. The highest BCUT2D eigenvalue weighted by Gasteiger charge is 2.77. The quantitative estimate of drug-likeness (QED) is 0.542. The maximum atomic E-state index is 11.2. The number of fused-ring (bicyclic) bond motifs is 1. The summed E-state index contributed by atoms with van der Waals surface area (Å²) in [5, 5.41) is 0.835. The molecule has 7 rings (SSSR count). The van der Waals surface area contributed by atoms with Crippen molar-refractivity contribution in [2.24, 2.45) is 23.7 Å². The predicted octanol–water partition coefficient (Wildman–Crippen LogP) is 4.33. The van der Waals surface area contributed by atoms with Crippen LogP contribution >= 0.6 is 19.2 Å². The molecule has 1 saturated heterocycles. The van der Waals surface area contributed by atoms with Crippen LogP contribution in [0.25, 0.3) is 10.1 Å². The number of phosphoric ester groups is 1. The third-order valence-corrected chi connectivity index (χ3v) is 9.13. The maximum absolute atomic E-state index is 11.2. The molecule has 1 atom stereocenters. The van der Waals surface area contributed by atoms with E-state index in [9.17, 15) is 4.57 Å². The molecule has 1 aromatic heterocycles. The van der Waals surface area contributed by atoms with Crippen LogP contribution in [-0.2, 0) is 24.9 Å². The van der Waals surface area contributed by atoms with E-state index >= 15 is 0 Å². The second kappa shape index (κ2) is 6.04. The van der Waals surface area contributed by atoms with Crippen LogP contribution in [0.4, 0.5) is 0 Å². The molecule has 4 aliphatic carbocycles. The molecule has 0 radical (unpaired) electrons. The number of ether oxygens (including phenoxy) is 1. The molecule has 156 valence electrons. The molecule has 1 aromatic carbocycles. The number of benzene rings is 1. The van der Waals surface area contributed by atoms with Crippen molar-refractivity contribution in [3.05, 3.63) is 29.1 Å². The molecular formula is C20H23O7PS. The van der Waals surface area contributed by atoms with Crippen molar-refractivity contribution in [3.63, 3.8) is 0 Å². The van der Waals surface area contributed by atoms with Gasteiger partial charge in [-0.25, -0.2) is 9.45 Å². The minimum Gasteiger partial charge on any atom is -0.404 e. The van der Waals surface area contributed by atoms with E-state index in [1.165, 1.54) is 32.1 Å². The van der Waals surface area contributed by atoms with E-state index in [0.717, 1.165) is 26.8 Å². The summed E-state index contributed by atoms with van der Waals surface area (Å²) in [5.74, 6) is 1.69. The van der Waals surface area contributed by atoms with Gasteiger partial charge in [-0.05, 0) is 85.4 Å². The lowest BCUT2D eigenvalue weighted by atomic mass is 9.47. The van der Waals surface area contributed by atoms with Gasteiger partial charge in [-0.3, -0.25) is 9.79 Å². The average molecular weight is 438 g/mol. The largest absolute Gasteiger partial charge is 0.524 e. The summed E-state index contributed by atoms with van der Waals surface area (Å²) in [4.78, 5) is 30.9. The van der Waals surface area contributed by atoms with Crippen LogP contribution in [0, 0.1) is 23.7 Å². The van der Waals surface area contributed by atoms with Crippen molar-refractivity contribution < 1.29 is 33.4 Å². The molecule has 1 aliphatic heterocycles. The van der Waals surface area contributed by atoms with Gasteiger partial charge in [0.25, 0.3) is 5.79 Å². The maximum Gasteiger partial charge on any atom is 0.524 e. The summed E-state index contributed by atoms with van der Waals surface area (Å²) in [6, 6.07) is 6.99. The van der Waals surface area contributed by atoms with E-state index in [2.05, 4.69) is 0 Å². The van der Waals surface area contributed by atoms with Crippen molar-refractivity contribution in [1.29, 1.82) is 0 Å². The van der Waals surface area contributed by atoms with E-state index in [0.29, 0.717) is 11.8 Å². The lowest BCUT2D eigenvalue weighted by Crippen LogP contribution is -2.76. The van der Waals surface area contributed by atoms with Crippen LogP contribution in [0.1, 0.15) is 37.0 Å². The number of rotatable bonds is 4. The topological polar surface area (TPSA) is 94.5 Å². The predicted molar refractivity (Wildman–Crippen MR) is 105 cm³/mol. The van der Waals surface area contributed by atoms with Gasteiger partial charge in [-0.2, -0.15) is 4.89 Å². The zero-order valence-electron chi connectivity index (χ0n) is 15.9. The molecule has 9 heteroatoms. The number of methoxy groups -OCH3 is 1. The fourth-order valence-electron chi connectivity index (χ4n) is 6.68. The standard InChI is InChI=1S/C20H23O7PS/c1-24-20(18-10-13-9-16(25-28(21,22)23)2-3-17(13)29-18)19(26-27-20)14-5-11-4-12(7-14)8-15(19)6-11/h2-3,9-12,14-15H,4-8H2,1H3,(H2,21,22,23). The molecule has 2 heterocycles. The second-order valence-electron chi connectivity index (χ2n) is 8.98. The Labute approximate surface area is 172 Å². The molecule has 4 saturated carbocycles. The van der Waals surface area contributed by atoms with Crippen LogP contribution in [0.2, 0.25) is 0 Å². The van der Waals surface area contributed by atoms with Crippen molar-refractivity contribution in [2.75, 3.05) is 7.11 Å². The Balaban J connectivity index is 1.41. The van der Waals surface area contributed by atoms with E-state index < -0.39 is 19.2 Å². The Hall–Kier alpha value is -0.990. The Bertz CT molecular complexity index is 997. The van der Waals surface area contributed by atoms with E-state index in [4.69, 9.17) is 28.8 Å². The van der Waals surface area contributed by atoms with Gasteiger partial charge in [0.1, 0.15) is 5.75 Å². The van der Waals surface area contributed by atoms with Gasteiger partial charge in [0.15, 0.2) is 5.60 Å². The van der Waals surface area contributed by atoms with Gasteiger partial charge in [0.05, 0.1) is 4.88 Å². The zero-order chi connectivity index (χ0) is 20.0. The Morgan fingerprint density at radius 3 is 2.31 bits per heavy atom. The lowest BCUT2D eigenvalue weighted by Gasteiger charge is -2.68. The van der Waals surface area contributed by atoms with Crippen LogP contribution in [0.15, 0.2) is 24.3 Å². The smallest absolute Gasteiger partial charge is 0.404 e. The highest BCUT2D eigenvalue weighted by atomic mass is 32.1. The van der Waals surface area contributed by atoms with Crippen molar-refractivity contribution in [2.45, 2.75) is 43.5 Å². The van der Waals surface area contributed by atoms with E-state index in [1.807, 2.05) is 6.07 Å². The molecule has 5 fully saturated rings. The molecule has 1 spiro atoms. The molecule has 2 N–H and O–H groups in total. The minimum absolute atomic E-state index is 0.136. The summed E-state index contributed by atoms with van der Waals surface area (Å²) in [6.45, 7) is 0. The molecule has 1 unspecified atom stereocenters. The first kappa shape index (κ1) is 18.8. The summed E-state index contributed by atoms with van der Waals surface area (Å²) in [6.07, 6.45) is 6.05. The van der Waals surface area contributed by atoms with Crippen molar-refractivity contribution in [1.82, 2.24) is 0 Å². The number of thiophene rings is 1. The Morgan fingerprint density at radius 1 is 1.07 bits per heavy atom. The second-order valence-corrected chi connectivity index (χ2v) is 11.2. The van der Waals surface area contributed by atoms with Gasteiger partial charge < -0.3 is 9.26 Å². The first-order chi connectivity index (χ1) is 13.8. The van der Waals surface area contributed by atoms with Crippen LogP contribution < -0.4 is 4.52 Å². The first-order valence-electron chi connectivity index (χ1n) is 10.0. The number of phosphoric acid groups is 1. The number of hydrogen-bond donors (Lipinski definition) is 2. The normalized spacial score (nSPS) is 40.5. The molecule has 7 nitrogen and oxygen atoms in total. The van der Waals surface area contributed by atoms with Crippen LogP contribution in [0.5, 0.6) is 5.75 Å². The average Bonchev–Trinajstić information content (AvgIpc) is 3.03. The summed E-state index contributed by atoms with van der Waals surface area (Å²) in [5.41, 5.74) is -0.443. The highest BCUT2D eigenvalue weighted by Crippen LogP contribution is 2.70. The van der Waals surface area contributed by atoms with Crippen molar-refractivity contribution in [3.8, 4) is 5.75 Å². The number of hydrogen-bond acceptors (Lipinski definition) is 6. The third kappa shape index (κ3) is 2.51. The molecule has 4 bridgehead atoms. The van der Waals surface area contributed by atoms with Crippen LogP contribution in [0.3, 0.4) is 0 Å². The minimum atomic E-state index is -4.60. The Morgan fingerprint density at radius 2 is 1.76 bits per heavy atom. The molecule has 29 heavy (non-hydrogen) atoms. The van der Waals surface area contributed by atoms with Gasteiger partial charge in [0.2, 0.25) is 0 Å². The SMILES string of the molecule is COC1(c2cc3cc(OP(=O)(O)O)ccc3s2)OOC12C1CC3CC(C1)CC2C3. The first-order valence-corrected chi connectivity index (χ1v) is 12.4. The third-order valence-electron chi connectivity index (χ3n) is 7.49. The van der Waals surface area contributed by atoms with Crippen molar-refractivity contribution >= 4 is 29.2 Å². The fraction of sp³-hybridized carbons (Fsp3) is 0.600.